The van der Waals surface area contributed by atoms with E-state index in [1.54, 1.807) is 0 Å². The zero-order valence-electron chi connectivity index (χ0n) is 9.37. The van der Waals surface area contributed by atoms with Crippen molar-refractivity contribution in [1.82, 2.24) is 4.90 Å². The van der Waals surface area contributed by atoms with Gasteiger partial charge in [0.2, 0.25) is 0 Å². The summed E-state index contributed by atoms with van der Waals surface area (Å²) in [5.74, 6) is 1.14. The molecule has 0 bridgehead atoms. The highest BCUT2D eigenvalue weighted by atomic mass is 35.5. The number of rotatable bonds is 6. The molecule has 0 atom stereocenters. The van der Waals surface area contributed by atoms with Gasteiger partial charge in [0, 0.05) is 22.2 Å². The molecule has 1 aromatic carbocycles. The molecule has 0 aliphatic heterocycles. The lowest BCUT2D eigenvalue weighted by atomic mass is 10.4. The van der Waals surface area contributed by atoms with Crippen LogP contribution < -0.4 is 0 Å². The van der Waals surface area contributed by atoms with E-state index in [2.05, 4.69) is 30.9 Å². The SMILES string of the molecule is CCN(CC)CCSc1ccc(Cl)cc1. The van der Waals surface area contributed by atoms with Gasteiger partial charge in [-0.3, -0.25) is 0 Å². The summed E-state index contributed by atoms with van der Waals surface area (Å²) in [5, 5.41) is 0.808. The van der Waals surface area contributed by atoms with Crippen LogP contribution in [0.4, 0.5) is 0 Å². The average molecular weight is 244 g/mol. The molecule has 0 spiro atoms. The molecule has 0 aromatic heterocycles. The van der Waals surface area contributed by atoms with Gasteiger partial charge < -0.3 is 4.90 Å². The van der Waals surface area contributed by atoms with Gasteiger partial charge in [0.25, 0.3) is 0 Å². The highest BCUT2D eigenvalue weighted by molar-refractivity contribution is 7.99. The van der Waals surface area contributed by atoms with Crippen molar-refractivity contribution in [1.29, 1.82) is 0 Å². The van der Waals surface area contributed by atoms with Gasteiger partial charge in [0.05, 0.1) is 0 Å². The fraction of sp³-hybridized carbons (Fsp3) is 0.500. The Balaban J connectivity index is 2.28. The number of nitrogens with zero attached hydrogens (tertiary/aromatic N) is 1. The molecule has 84 valence electrons. The third-order valence-electron chi connectivity index (χ3n) is 2.38. The summed E-state index contributed by atoms with van der Waals surface area (Å²) >= 11 is 7.71. The number of halogens is 1. The van der Waals surface area contributed by atoms with E-state index >= 15 is 0 Å². The van der Waals surface area contributed by atoms with Crippen LogP contribution in [-0.4, -0.2) is 30.3 Å². The Hall–Kier alpha value is -0.180. The molecule has 15 heavy (non-hydrogen) atoms. The van der Waals surface area contributed by atoms with E-state index in [0.717, 1.165) is 30.4 Å². The van der Waals surface area contributed by atoms with Gasteiger partial charge in [-0.15, -0.1) is 11.8 Å². The topological polar surface area (TPSA) is 3.24 Å². The predicted octanol–water partition coefficient (Wildman–Crippen LogP) is 3.77. The van der Waals surface area contributed by atoms with Gasteiger partial charge in [-0.25, -0.2) is 0 Å². The van der Waals surface area contributed by atoms with E-state index in [0.29, 0.717) is 0 Å². The second kappa shape index (κ2) is 7.15. The number of thioether (sulfide) groups is 1. The second-order valence-electron chi connectivity index (χ2n) is 3.33. The van der Waals surface area contributed by atoms with E-state index in [1.807, 2.05) is 23.9 Å². The minimum atomic E-state index is 0.808. The molecule has 0 amide bonds. The summed E-state index contributed by atoms with van der Waals surface area (Å²) in [4.78, 5) is 3.73. The van der Waals surface area contributed by atoms with Gasteiger partial charge in [-0.2, -0.15) is 0 Å². The molecule has 0 saturated heterocycles. The Morgan fingerprint density at radius 3 is 2.27 bits per heavy atom. The first kappa shape index (κ1) is 12.9. The van der Waals surface area contributed by atoms with E-state index in [9.17, 15) is 0 Å². The summed E-state index contributed by atoms with van der Waals surface area (Å²) in [6.07, 6.45) is 0. The van der Waals surface area contributed by atoms with Crippen LogP contribution in [0.2, 0.25) is 5.02 Å². The maximum absolute atomic E-state index is 5.82. The van der Waals surface area contributed by atoms with Gasteiger partial charge in [-0.05, 0) is 37.4 Å². The molecule has 0 unspecified atom stereocenters. The Labute approximate surface area is 102 Å². The first-order valence-corrected chi connectivity index (χ1v) is 6.73. The smallest absolute Gasteiger partial charge is 0.0406 e. The summed E-state index contributed by atoms with van der Waals surface area (Å²) in [7, 11) is 0. The molecule has 1 aromatic rings. The van der Waals surface area contributed by atoms with Crippen molar-refractivity contribution in [2.24, 2.45) is 0 Å². The van der Waals surface area contributed by atoms with Gasteiger partial charge in [0.1, 0.15) is 0 Å². The van der Waals surface area contributed by atoms with Crippen LogP contribution in [0.15, 0.2) is 29.2 Å². The summed E-state index contributed by atoms with van der Waals surface area (Å²) in [5.41, 5.74) is 0. The summed E-state index contributed by atoms with van der Waals surface area (Å²) in [6.45, 7) is 7.84. The maximum atomic E-state index is 5.82. The highest BCUT2D eigenvalue weighted by Crippen LogP contribution is 2.20. The van der Waals surface area contributed by atoms with E-state index < -0.39 is 0 Å². The lowest BCUT2D eigenvalue weighted by Gasteiger charge is -2.17. The molecule has 0 N–H and O–H groups in total. The molecule has 1 rings (SSSR count). The number of hydrogen-bond donors (Lipinski definition) is 0. The third-order valence-corrected chi connectivity index (χ3v) is 3.63. The fourth-order valence-corrected chi connectivity index (χ4v) is 2.40. The molecule has 0 aliphatic rings. The van der Waals surface area contributed by atoms with Crippen molar-refractivity contribution < 1.29 is 0 Å². The molecule has 3 heteroatoms. The molecule has 0 fully saturated rings. The number of benzene rings is 1. The average Bonchev–Trinajstić information content (AvgIpc) is 2.27. The largest absolute Gasteiger partial charge is 0.303 e. The van der Waals surface area contributed by atoms with Crippen LogP contribution >= 0.6 is 23.4 Å². The lowest BCUT2D eigenvalue weighted by Crippen LogP contribution is -2.25. The quantitative estimate of drug-likeness (QED) is 0.700. The van der Waals surface area contributed by atoms with Gasteiger partial charge in [0.15, 0.2) is 0 Å². The predicted molar refractivity (Wildman–Crippen MR) is 70.0 cm³/mol. The molecule has 1 nitrogen and oxygen atoms in total. The van der Waals surface area contributed by atoms with Crippen molar-refractivity contribution in [2.75, 3.05) is 25.4 Å². The van der Waals surface area contributed by atoms with Crippen LogP contribution in [0, 0.1) is 0 Å². The molecule has 0 heterocycles. The van der Waals surface area contributed by atoms with Crippen molar-refractivity contribution >= 4 is 23.4 Å². The summed E-state index contributed by atoms with van der Waals surface area (Å²) < 4.78 is 0. The Morgan fingerprint density at radius 1 is 1.13 bits per heavy atom. The van der Waals surface area contributed by atoms with Crippen molar-refractivity contribution in [3.8, 4) is 0 Å². The van der Waals surface area contributed by atoms with Gasteiger partial charge >= 0.3 is 0 Å². The Kier molecular flexibility index (Phi) is 6.15. The second-order valence-corrected chi connectivity index (χ2v) is 4.93. The fourth-order valence-electron chi connectivity index (χ4n) is 1.36. The third kappa shape index (κ3) is 4.92. The highest BCUT2D eigenvalue weighted by Gasteiger charge is 1.99. The Morgan fingerprint density at radius 2 is 1.73 bits per heavy atom. The molecule has 0 saturated carbocycles. The monoisotopic (exact) mass is 243 g/mol. The first-order valence-electron chi connectivity index (χ1n) is 5.37. The lowest BCUT2D eigenvalue weighted by molar-refractivity contribution is 0.324. The minimum absolute atomic E-state index is 0.808. The van der Waals surface area contributed by atoms with Crippen molar-refractivity contribution in [2.45, 2.75) is 18.7 Å². The van der Waals surface area contributed by atoms with Crippen LogP contribution in [0.5, 0.6) is 0 Å². The van der Waals surface area contributed by atoms with E-state index in [-0.39, 0.29) is 0 Å². The minimum Gasteiger partial charge on any atom is -0.303 e. The van der Waals surface area contributed by atoms with Gasteiger partial charge in [-0.1, -0.05) is 25.4 Å². The standard InChI is InChI=1S/C12H18ClNS/c1-3-14(4-2)9-10-15-12-7-5-11(13)6-8-12/h5-8H,3-4,9-10H2,1-2H3. The Bertz CT molecular complexity index is 269. The molecule has 0 radical (unpaired) electrons. The van der Waals surface area contributed by atoms with Crippen LogP contribution in [-0.2, 0) is 0 Å². The normalized spacial score (nSPS) is 10.9. The zero-order valence-corrected chi connectivity index (χ0v) is 10.9. The van der Waals surface area contributed by atoms with E-state index in [1.165, 1.54) is 4.90 Å². The molecular weight excluding hydrogens is 226 g/mol. The first-order chi connectivity index (χ1) is 7.26. The summed E-state index contributed by atoms with van der Waals surface area (Å²) in [6, 6.07) is 8.05. The number of hydrogen-bond acceptors (Lipinski definition) is 2. The van der Waals surface area contributed by atoms with Crippen LogP contribution in [0.3, 0.4) is 0 Å². The maximum Gasteiger partial charge on any atom is 0.0406 e. The molecule has 0 aliphatic carbocycles. The molecular formula is C12H18ClNS. The van der Waals surface area contributed by atoms with Crippen LogP contribution in [0.25, 0.3) is 0 Å². The van der Waals surface area contributed by atoms with E-state index in [4.69, 9.17) is 11.6 Å². The van der Waals surface area contributed by atoms with Crippen molar-refractivity contribution in [3.63, 3.8) is 0 Å². The van der Waals surface area contributed by atoms with Crippen molar-refractivity contribution in [3.05, 3.63) is 29.3 Å². The zero-order chi connectivity index (χ0) is 11.1. The van der Waals surface area contributed by atoms with Crippen LogP contribution in [0.1, 0.15) is 13.8 Å².